The fourth-order valence-corrected chi connectivity index (χ4v) is 10.1. The van der Waals surface area contributed by atoms with Crippen molar-refractivity contribution in [3.8, 4) is 33.5 Å². The van der Waals surface area contributed by atoms with Gasteiger partial charge in [-0.2, -0.15) is 8.78 Å². The number of carbonyl (C=O) groups excluding carboxylic acids is 4. The van der Waals surface area contributed by atoms with Gasteiger partial charge in [0.2, 0.25) is 11.8 Å². The highest BCUT2D eigenvalue weighted by Crippen LogP contribution is 2.53. The zero-order valence-corrected chi connectivity index (χ0v) is 37.8. The van der Waals surface area contributed by atoms with Crippen LogP contribution in [0.5, 0.6) is 0 Å². The highest BCUT2D eigenvalue weighted by atomic mass is 19.3. The van der Waals surface area contributed by atoms with Crippen LogP contribution in [0.1, 0.15) is 95.5 Å². The summed E-state index contributed by atoms with van der Waals surface area (Å²) in [4.78, 5) is 72.1. The van der Waals surface area contributed by atoms with E-state index in [1.807, 2.05) is 56.9 Å². The third-order valence-corrected chi connectivity index (χ3v) is 14.0. The third-order valence-electron chi connectivity index (χ3n) is 14.0. The number of imidazole rings is 2. The second-order valence-electron chi connectivity index (χ2n) is 19.3. The molecule has 9 rings (SSSR count). The predicted octanol–water partition coefficient (Wildman–Crippen LogP) is 8.68. The van der Waals surface area contributed by atoms with Gasteiger partial charge in [0.05, 0.1) is 49.7 Å². The van der Waals surface area contributed by atoms with Gasteiger partial charge in [-0.25, -0.2) is 19.6 Å². The minimum absolute atomic E-state index is 0.0289. The molecule has 1 saturated heterocycles. The zero-order chi connectivity index (χ0) is 46.1. The lowest BCUT2D eigenvalue weighted by atomic mass is 9.95. The smallest absolute Gasteiger partial charge is 0.407 e. The van der Waals surface area contributed by atoms with Crippen LogP contribution in [0.4, 0.5) is 18.4 Å². The molecule has 14 nitrogen and oxygen atoms in total. The van der Waals surface area contributed by atoms with E-state index in [2.05, 4.69) is 32.5 Å². The number of fused-ring (bicyclic) bond motifs is 6. The average molecular weight is 891 g/mol. The molecule has 2 bridgehead atoms. The lowest BCUT2D eigenvalue weighted by Crippen LogP contribution is -2.54. The number of hydrogen-bond donors (Lipinski definition) is 4. The molecular weight excluding hydrogens is 835 g/mol. The summed E-state index contributed by atoms with van der Waals surface area (Å²) in [6.45, 7) is 10.2. The van der Waals surface area contributed by atoms with Crippen LogP contribution in [0.25, 0.3) is 44.5 Å². The first-order valence-electron chi connectivity index (χ1n) is 22.5. The molecule has 4 aliphatic rings. The number of likely N-dealkylation sites (tertiary alicyclic amines) is 1. The number of alkyl halides is 2. The molecule has 5 aromatic rings. The molecule has 342 valence electrons. The Morgan fingerprint density at radius 2 is 1.46 bits per heavy atom. The van der Waals surface area contributed by atoms with E-state index in [-0.39, 0.29) is 64.7 Å². The monoisotopic (exact) mass is 890 g/mol. The van der Waals surface area contributed by atoms with Crippen molar-refractivity contribution < 1.29 is 37.4 Å². The number of rotatable bonds is 13. The Kier molecular flexibility index (Phi) is 11.2. The van der Waals surface area contributed by atoms with E-state index in [4.69, 9.17) is 14.5 Å². The second-order valence-corrected chi connectivity index (χ2v) is 19.3. The summed E-state index contributed by atoms with van der Waals surface area (Å²) in [6.07, 6.45) is 4.93. The van der Waals surface area contributed by atoms with Crippen LogP contribution in [0.15, 0.2) is 60.8 Å². The van der Waals surface area contributed by atoms with Crippen LogP contribution in [0, 0.1) is 23.2 Å². The molecule has 3 aromatic carbocycles. The van der Waals surface area contributed by atoms with Crippen LogP contribution in [0.3, 0.4) is 0 Å². The molecule has 65 heavy (non-hydrogen) atoms. The van der Waals surface area contributed by atoms with Gasteiger partial charge in [-0.3, -0.25) is 9.59 Å². The molecule has 4 N–H and O–H groups in total. The van der Waals surface area contributed by atoms with Crippen molar-refractivity contribution in [1.29, 1.82) is 0 Å². The summed E-state index contributed by atoms with van der Waals surface area (Å²) in [5.41, 5.74) is 4.55. The summed E-state index contributed by atoms with van der Waals surface area (Å²) in [7, 11) is 2.53. The quantitative estimate of drug-likeness (QED) is 0.0909. The Hall–Kier alpha value is -6.32. The molecule has 2 aromatic heterocycles. The number of hydrogen-bond acceptors (Lipinski definition) is 8. The van der Waals surface area contributed by atoms with E-state index in [9.17, 15) is 19.2 Å². The number of nitrogens with one attached hydrogen (secondary N) is 4. The van der Waals surface area contributed by atoms with Gasteiger partial charge in [0.25, 0.3) is 5.92 Å². The third kappa shape index (κ3) is 8.09. The van der Waals surface area contributed by atoms with E-state index in [1.165, 1.54) is 20.3 Å². The molecule has 3 aliphatic carbocycles. The number of ether oxygens (including phenoxy) is 2. The van der Waals surface area contributed by atoms with Gasteiger partial charge in [-0.05, 0) is 102 Å². The van der Waals surface area contributed by atoms with Gasteiger partial charge in [0.15, 0.2) is 0 Å². The highest BCUT2D eigenvalue weighted by molar-refractivity contribution is 5.89. The number of nitrogens with zero attached hydrogens (tertiary/aromatic N) is 4. The van der Waals surface area contributed by atoms with Gasteiger partial charge in [0.1, 0.15) is 23.7 Å². The van der Waals surface area contributed by atoms with E-state index >= 15 is 8.78 Å². The van der Waals surface area contributed by atoms with Crippen LogP contribution in [-0.4, -0.2) is 92.6 Å². The SMILES string of the molecule is COC(=O)N[C@H](C(=O)N(Cc1ncc(-c2ccc3c(c2)C(F)(F)c2cc(-c4ccc5nc([C@@H]6[C@H]7CCC(C7)N6C(=O)[C@@H](NC(=O)OC)C(C)C)[nH]c5c4)ccc2-3)[nH]1)CC1(C)CC1)C(C)C. The Morgan fingerprint density at radius 1 is 0.846 bits per heavy atom. The van der Waals surface area contributed by atoms with E-state index in [0.717, 1.165) is 43.2 Å². The van der Waals surface area contributed by atoms with Gasteiger partial charge in [-0.15, -0.1) is 0 Å². The standard InChI is InChI=1S/C49H56F2N8O6/c1-25(2)40(56-46(62)64-6)44(60)58(24-48(5)16-17-48)23-39-52-22-38(53-39)29-10-14-33-32-13-9-27(19-34(32)49(50,51)35(33)20-29)28-11-15-36-37(21-28)55-43(54-36)42-30-8-12-31(18-30)59(42)45(61)41(26(3)4)57-47(63)65-7/h9-11,13-15,19-22,25-26,30-31,40-42H,8,12,16-18,23-24H2,1-7H3,(H,52,53)(H,54,55)(H,56,62)(H,57,63)/t30-,31?,40-,41-,42-/m0/s1. The molecule has 3 heterocycles. The second kappa shape index (κ2) is 16.6. The molecule has 3 fully saturated rings. The summed E-state index contributed by atoms with van der Waals surface area (Å²) < 4.78 is 42.9. The van der Waals surface area contributed by atoms with Crippen molar-refractivity contribution in [2.45, 2.75) is 103 Å². The van der Waals surface area contributed by atoms with Crippen LogP contribution >= 0.6 is 0 Å². The number of H-pyrrole nitrogens is 2. The topological polar surface area (TPSA) is 175 Å². The van der Waals surface area contributed by atoms with E-state index in [0.29, 0.717) is 51.7 Å². The Balaban J connectivity index is 0.946. The summed E-state index contributed by atoms with van der Waals surface area (Å²) in [5.74, 6) is -2.68. The molecule has 4 amide bonds. The maximum absolute atomic E-state index is 16.6. The summed E-state index contributed by atoms with van der Waals surface area (Å²) in [5, 5.41) is 5.41. The minimum atomic E-state index is -3.29. The van der Waals surface area contributed by atoms with Gasteiger partial charge >= 0.3 is 12.2 Å². The number of carbonyl (C=O) groups is 4. The minimum Gasteiger partial charge on any atom is -0.453 e. The number of aromatic nitrogens is 4. The molecule has 0 spiro atoms. The lowest BCUT2D eigenvalue weighted by molar-refractivity contribution is -0.139. The van der Waals surface area contributed by atoms with E-state index < -0.39 is 30.2 Å². The number of halogens is 2. The number of benzene rings is 3. The van der Waals surface area contributed by atoms with Crippen molar-refractivity contribution >= 4 is 35.0 Å². The number of methoxy groups -OCH3 is 2. The van der Waals surface area contributed by atoms with Crippen LogP contribution in [-0.2, 0) is 31.5 Å². The predicted molar refractivity (Wildman–Crippen MR) is 239 cm³/mol. The van der Waals surface area contributed by atoms with Crippen molar-refractivity contribution in [1.82, 2.24) is 40.4 Å². The Labute approximate surface area is 376 Å². The van der Waals surface area contributed by atoms with Crippen LogP contribution in [0.2, 0.25) is 0 Å². The first-order chi connectivity index (χ1) is 31.0. The number of alkyl carbamates (subject to hydrolysis) is 2. The maximum atomic E-state index is 16.6. The summed E-state index contributed by atoms with van der Waals surface area (Å²) in [6, 6.07) is 14.0. The molecule has 5 atom stereocenters. The van der Waals surface area contributed by atoms with Crippen molar-refractivity contribution in [3.63, 3.8) is 0 Å². The van der Waals surface area contributed by atoms with Gasteiger partial charge < -0.3 is 39.9 Å². The molecule has 16 heteroatoms. The molecule has 1 unspecified atom stereocenters. The normalized spacial score (nSPS) is 20.7. The summed E-state index contributed by atoms with van der Waals surface area (Å²) >= 11 is 0. The molecular formula is C49H56F2N8O6. The van der Waals surface area contributed by atoms with Crippen molar-refractivity contribution in [2.75, 3.05) is 20.8 Å². The first kappa shape index (κ1) is 43.9. The van der Waals surface area contributed by atoms with Crippen molar-refractivity contribution in [3.05, 3.63) is 83.6 Å². The molecule has 0 radical (unpaired) electrons. The fourth-order valence-electron chi connectivity index (χ4n) is 10.1. The maximum Gasteiger partial charge on any atom is 0.407 e. The largest absolute Gasteiger partial charge is 0.453 e. The Bertz CT molecular complexity index is 2690. The average Bonchev–Trinajstić information content (AvgIpc) is 3.86. The number of piperidine rings is 1. The zero-order valence-electron chi connectivity index (χ0n) is 37.8. The first-order valence-corrected chi connectivity index (χ1v) is 22.5. The number of amides is 4. The Morgan fingerprint density at radius 3 is 2.11 bits per heavy atom. The highest BCUT2D eigenvalue weighted by Gasteiger charge is 2.52. The number of aromatic amines is 2. The van der Waals surface area contributed by atoms with Gasteiger partial charge in [0, 0.05) is 29.3 Å². The van der Waals surface area contributed by atoms with Gasteiger partial charge in [-0.1, -0.05) is 65.0 Å². The van der Waals surface area contributed by atoms with Crippen molar-refractivity contribution in [2.24, 2.45) is 23.2 Å². The fraction of sp³-hybridized carbons (Fsp3) is 0.469. The van der Waals surface area contributed by atoms with E-state index in [1.54, 1.807) is 35.4 Å². The molecule has 2 saturated carbocycles. The lowest BCUT2D eigenvalue weighted by Gasteiger charge is -2.37. The molecule has 1 aliphatic heterocycles. The van der Waals surface area contributed by atoms with Crippen LogP contribution < -0.4 is 10.6 Å².